The van der Waals surface area contributed by atoms with Crippen molar-refractivity contribution in [3.8, 4) is 0 Å². The van der Waals surface area contributed by atoms with Gasteiger partial charge in [0.2, 0.25) is 0 Å². The molecule has 0 aliphatic rings. The zero-order valence-corrected chi connectivity index (χ0v) is 15.7. The first-order valence-corrected chi connectivity index (χ1v) is 9.03. The van der Waals surface area contributed by atoms with Crippen molar-refractivity contribution in [2.24, 2.45) is 0 Å². The molecule has 0 aliphatic heterocycles. The summed E-state index contributed by atoms with van der Waals surface area (Å²) in [6, 6.07) is 7.86. The Morgan fingerprint density at radius 1 is 1.23 bits per heavy atom. The highest BCUT2D eigenvalue weighted by Crippen LogP contribution is 2.24. The van der Waals surface area contributed by atoms with E-state index >= 15 is 0 Å². The molecule has 0 saturated heterocycles. The lowest BCUT2D eigenvalue weighted by molar-refractivity contribution is 0.0955. The molecule has 0 aromatic carbocycles. The molecule has 6 nitrogen and oxygen atoms in total. The highest BCUT2D eigenvalue weighted by molar-refractivity contribution is 6.05. The summed E-state index contributed by atoms with van der Waals surface area (Å²) < 4.78 is 1.87. The number of amides is 1. The average Bonchev–Trinajstić information content (AvgIpc) is 3.05. The van der Waals surface area contributed by atoms with E-state index in [-0.39, 0.29) is 17.9 Å². The Bertz CT molecular complexity index is 899. The molecule has 0 saturated carbocycles. The van der Waals surface area contributed by atoms with Gasteiger partial charge in [-0.05, 0) is 38.0 Å². The van der Waals surface area contributed by atoms with Crippen LogP contribution in [0.25, 0.3) is 11.0 Å². The molecule has 3 rings (SSSR count). The molecule has 0 unspecified atom stereocenters. The molecule has 3 heterocycles. The zero-order valence-electron chi connectivity index (χ0n) is 15.7. The van der Waals surface area contributed by atoms with Crippen LogP contribution in [0.4, 0.5) is 0 Å². The first kappa shape index (κ1) is 18.0. The fourth-order valence-electron chi connectivity index (χ4n) is 2.84. The third kappa shape index (κ3) is 3.74. The maximum atomic E-state index is 12.8. The van der Waals surface area contributed by atoms with Crippen molar-refractivity contribution < 1.29 is 4.79 Å². The summed E-state index contributed by atoms with van der Waals surface area (Å²) in [6.07, 6.45) is 4.20. The van der Waals surface area contributed by atoms with Crippen LogP contribution < -0.4 is 5.32 Å². The van der Waals surface area contributed by atoms with Crippen LogP contribution in [-0.2, 0) is 6.42 Å². The molecule has 136 valence electrons. The van der Waals surface area contributed by atoms with Gasteiger partial charge in [0.05, 0.1) is 17.1 Å². The fourth-order valence-corrected chi connectivity index (χ4v) is 2.84. The summed E-state index contributed by atoms with van der Waals surface area (Å²) in [5.74, 6) is 0.133. The van der Waals surface area contributed by atoms with Crippen LogP contribution >= 0.6 is 0 Å². The van der Waals surface area contributed by atoms with Gasteiger partial charge in [0.15, 0.2) is 5.65 Å². The van der Waals surface area contributed by atoms with Gasteiger partial charge in [-0.3, -0.25) is 9.78 Å². The van der Waals surface area contributed by atoms with E-state index in [4.69, 9.17) is 4.98 Å². The fraction of sp³-hybridized carbons (Fsp3) is 0.400. The number of hydrogen-bond donors (Lipinski definition) is 1. The maximum absolute atomic E-state index is 12.8. The number of nitrogens with one attached hydrogen (secondary N) is 1. The average molecular weight is 351 g/mol. The molecule has 3 aromatic rings. The summed E-state index contributed by atoms with van der Waals surface area (Å²) in [4.78, 5) is 21.8. The molecule has 0 fully saturated rings. The first-order valence-electron chi connectivity index (χ1n) is 9.03. The number of pyridine rings is 2. The molecule has 1 amide bonds. The van der Waals surface area contributed by atoms with Crippen molar-refractivity contribution >= 4 is 16.9 Å². The molecular formula is C20H25N5O. The van der Waals surface area contributed by atoms with Gasteiger partial charge in [-0.1, -0.05) is 19.9 Å². The summed E-state index contributed by atoms with van der Waals surface area (Å²) in [5.41, 5.74) is 3.26. The quantitative estimate of drug-likeness (QED) is 0.738. The molecule has 0 radical (unpaired) electrons. The van der Waals surface area contributed by atoms with Crippen molar-refractivity contribution in [2.75, 3.05) is 6.54 Å². The largest absolute Gasteiger partial charge is 0.352 e. The van der Waals surface area contributed by atoms with Gasteiger partial charge in [-0.15, -0.1) is 0 Å². The van der Waals surface area contributed by atoms with Crippen LogP contribution in [0, 0.1) is 0 Å². The van der Waals surface area contributed by atoms with E-state index in [0.29, 0.717) is 18.5 Å². The molecular weight excluding hydrogens is 326 g/mol. The van der Waals surface area contributed by atoms with Crippen molar-refractivity contribution in [3.63, 3.8) is 0 Å². The van der Waals surface area contributed by atoms with Crippen LogP contribution in [0.2, 0.25) is 0 Å². The van der Waals surface area contributed by atoms with Crippen LogP contribution in [0.5, 0.6) is 0 Å². The number of hydrogen-bond acceptors (Lipinski definition) is 4. The van der Waals surface area contributed by atoms with Gasteiger partial charge < -0.3 is 5.32 Å². The number of carbonyl (C=O) groups is 1. The first-order chi connectivity index (χ1) is 12.5. The molecule has 0 atom stereocenters. The summed E-state index contributed by atoms with van der Waals surface area (Å²) in [7, 11) is 0. The highest BCUT2D eigenvalue weighted by atomic mass is 16.1. The van der Waals surface area contributed by atoms with E-state index < -0.39 is 0 Å². The van der Waals surface area contributed by atoms with E-state index in [9.17, 15) is 4.79 Å². The molecule has 3 aromatic heterocycles. The predicted octanol–water partition coefficient (Wildman–Crippen LogP) is 3.50. The topological polar surface area (TPSA) is 72.7 Å². The number of carbonyl (C=O) groups excluding carboxylic acids is 1. The van der Waals surface area contributed by atoms with Crippen LogP contribution in [0.1, 0.15) is 61.4 Å². The molecule has 0 aliphatic carbocycles. The van der Waals surface area contributed by atoms with Crippen LogP contribution in [-0.4, -0.2) is 32.2 Å². The summed E-state index contributed by atoms with van der Waals surface area (Å²) >= 11 is 0. The maximum Gasteiger partial charge on any atom is 0.252 e. The van der Waals surface area contributed by atoms with Gasteiger partial charge >= 0.3 is 0 Å². The third-order valence-corrected chi connectivity index (χ3v) is 4.30. The number of nitrogens with zero attached hydrogens (tertiary/aromatic N) is 4. The Morgan fingerprint density at radius 2 is 2.04 bits per heavy atom. The smallest absolute Gasteiger partial charge is 0.252 e. The van der Waals surface area contributed by atoms with E-state index in [0.717, 1.165) is 22.4 Å². The Labute approximate surface area is 153 Å². The van der Waals surface area contributed by atoms with Crippen LogP contribution in [0.15, 0.2) is 36.7 Å². The number of aromatic nitrogens is 4. The second-order valence-corrected chi connectivity index (χ2v) is 7.00. The predicted molar refractivity (Wildman–Crippen MR) is 102 cm³/mol. The Balaban J connectivity index is 1.86. The minimum Gasteiger partial charge on any atom is -0.352 e. The lowest BCUT2D eigenvalue weighted by Crippen LogP contribution is -2.26. The number of fused-ring (bicyclic) bond motifs is 1. The standard InChI is InChI=1S/C20H25N5O/c1-13(2)18-11-16(17-12-23-25(14(3)4)19(17)24-18)20(26)22-10-8-15-7-5-6-9-21-15/h5-7,9,11-14H,8,10H2,1-4H3,(H,22,26). The Kier molecular flexibility index (Phi) is 5.30. The van der Waals surface area contributed by atoms with Crippen molar-refractivity contribution in [3.05, 3.63) is 53.6 Å². The van der Waals surface area contributed by atoms with Crippen molar-refractivity contribution in [1.29, 1.82) is 0 Å². The lowest BCUT2D eigenvalue weighted by atomic mass is 10.0. The highest BCUT2D eigenvalue weighted by Gasteiger charge is 2.18. The summed E-state index contributed by atoms with van der Waals surface area (Å²) in [5, 5.41) is 8.22. The molecule has 26 heavy (non-hydrogen) atoms. The van der Waals surface area contributed by atoms with Crippen molar-refractivity contribution in [1.82, 2.24) is 25.1 Å². The molecule has 1 N–H and O–H groups in total. The van der Waals surface area contributed by atoms with Crippen LogP contribution in [0.3, 0.4) is 0 Å². The third-order valence-electron chi connectivity index (χ3n) is 4.30. The molecule has 6 heteroatoms. The van der Waals surface area contributed by atoms with E-state index in [1.165, 1.54) is 0 Å². The normalized spacial score (nSPS) is 11.5. The van der Waals surface area contributed by atoms with Gasteiger partial charge in [0.1, 0.15) is 0 Å². The minimum absolute atomic E-state index is 0.0986. The molecule has 0 bridgehead atoms. The SMILES string of the molecule is CC(C)c1cc(C(=O)NCCc2ccccn2)c2cnn(C(C)C)c2n1. The lowest BCUT2D eigenvalue weighted by Gasteiger charge is -2.12. The van der Waals surface area contributed by atoms with E-state index in [2.05, 4.69) is 43.1 Å². The number of rotatable bonds is 6. The minimum atomic E-state index is -0.0986. The van der Waals surface area contributed by atoms with Gasteiger partial charge in [0, 0.05) is 36.6 Å². The Hall–Kier alpha value is -2.76. The Morgan fingerprint density at radius 3 is 2.69 bits per heavy atom. The molecule has 0 spiro atoms. The van der Waals surface area contributed by atoms with Gasteiger partial charge in [-0.25, -0.2) is 9.67 Å². The van der Waals surface area contributed by atoms with Gasteiger partial charge in [0.25, 0.3) is 5.91 Å². The second-order valence-electron chi connectivity index (χ2n) is 7.00. The van der Waals surface area contributed by atoms with Crippen molar-refractivity contribution in [2.45, 2.75) is 46.1 Å². The van der Waals surface area contributed by atoms with E-state index in [1.807, 2.05) is 28.9 Å². The van der Waals surface area contributed by atoms with E-state index in [1.54, 1.807) is 12.4 Å². The van der Waals surface area contributed by atoms with Gasteiger partial charge in [-0.2, -0.15) is 5.10 Å². The monoisotopic (exact) mass is 351 g/mol. The zero-order chi connectivity index (χ0) is 18.7. The second kappa shape index (κ2) is 7.64. The summed E-state index contributed by atoms with van der Waals surface area (Å²) in [6.45, 7) is 8.81.